The molecule has 0 unspecified atom stereocenters. The molecule has 0 amide bonds. The summed E-state index contributed by atoms with van der Waals surface area (Å²) in [4.78, 5) is 23.8. The molecule has 0 saturated carbocycles. The molecule has 0 aliphatic carbocycles. The zero-order valence-electron chi connectivity index (χ0n) is 13.6. The van der Waals surface area contributed by atoms with Crippen molar-refractivity contribution in [2.45, 2.75) is 19.6 Å². The maximum Gasteiger partial charge on any atom is 0.419 e. The molecule has 2 aromatic carbocycles. The van der Waals surface area contributed by atoms with E-state index in [0.29, 0.717) is 24.1 Å². The first kappa shape index (κ1) is 17.7. The van der Waals surface area contributed by atoms with Gasteiger partial charge in [-0.25, -0.2) is 9.59 Å². The predicted molar refractivity (Wildman–Crippen MR) is 88.4 cm³/mol. The molecule has 1 heterocycles. The Labute approximate surface area is 146 Å². The van der Waals surface area contributed by atoms with Crippen molar-refractivity contribution in [2.24, 2.45) is 0 Å². The number of carbonyl (C=O) groups excluding carboxylic acids is 1. The van der Waals surface area contributed by atoms with Crippen LogP contribution in [0.25, 0.3) is 11.1 Å². The highest BCUT2D eigenvalue weighted by atomic mass is 19.3. The normalized spacial score (nSPS) is 11.0. The lowest BCUT2D eigenvalue weighted by molar-refractivity contribution is -0.0499. The smallest absolute Gasteiger partial charge is 0.419 e. The number of halogens is 2. The van der Waals surface area contributed by atoms with E-state index in [4.69, 9.17) is 9.15 Å². The van der Waals surface area contributed by atoms with Crippen LogP contribution in [0.15, 0.2) is 57.7 Å². The fourth-order valence-electron chi connectivity index (χ4n) is 2.50. The molecule has 136 valence electrons. The second kappa shape index (κ2) is 7.81. The van der Waals surface area contributed by atoms with Crippen LogP contribution in [0.4, 0.5) is 8.78 Å². The van der Waals surface area contributed by atoms with Gasteiger partial charge in [-0.1, -0.05) is 18.2 Å². The van der Waals surface area contributed by atoms with Gasteiger partial charge in [0, 0.05) is 6.54 Å². The lowest BCUT2D eigenvalue weighted by Crippen LogP contribution is -2.16. The van der Waals surface area contributed by atoms with Crippen molar-refractivity contribution in [2.75, 3.05) is 6.61 Å². The first-order chi connectivity index (χ1) is 12.5. The number of hydrogen-bond acceptors (Lipinski definition) is 5. The lowest BCUT2D eigenvalue weighted by atomic mass is 10.2. The molecule has 6 nitrogen and oxygen atoms in total. The van der Waals surface area contributed by atoms with E-state index in [1.54, 1.807) is 24.3 Å². The van der Waals surface area contributed by atoms with Crippen LogP contribution in [0.5, 0.6) is 5.75 Å². The number of ether oxygens (including phenoxy) is 2. The molecule has 26 heavy (non-hydrogen) atoms. The molecule has 3 rings (SSSR count). The summed E-state index contributed by atoms with van der Waals surface area (Å²) in [7, 11) is 0. The van der Waals surface area contributed by atoms with Crippen LogP contribution < -0.4 is 10.5 Å². The van der Waals surface area contributed by atoms with Crippen LogP contribution in [-0.4, -0.2) is 23.8 Å². The molecule has 0 radical (unpaired) electrons. The van der Waals surface area contributed by atoms with Crippen molar-refractivity contribution in [1.82, 2.24) is 4.57 Å². The Balaban J connectivity index is 1.55. The average Bonchev–Trinajstić information content (AvgIpc) is 2.93. The van der Waals surface area contributed by atoms with Gasteiger partial charge < -0.3 is 13.9 Å². The fourth-order valence-corrected chi connectivity index (χ4v) is 2.50. The second-order valence-electron chi connectivity index (χ2n) is 5.38. The Morgan fingerprint density at radius 1 is 1.15 bits per heavy atom. The van der Waals surface area contributed by atoms with Crippen molar-refractivity contribution in [3.8, 4) is 5.75 Å². The van der Waals surface area contributed by atoms with E-state index < -0.39 is 18.3 Å². The Morgan fingerprint density at radius 2 is 1.96 bits per heavy atom. The number of para-hydroxylation sites is 2. The van der Waals surface area contributed by atoms with Gasteiger partial charge in [-0.2, -0.15) is 8.78 Å². The van der Waals surface area contributed by atoms with Crippen molar-refractivity contribution in [3.05, 3.63) is 64.6 Å². The minimum atomic E-state index is -2.97. The molecule has 0 saturated heterocycles. The Bertz CT molecular complexity index is 963. The number of alkyl halides is 2. The van der Waals surface area contributed by atoms with Crippen LogP contribution in [-0.2, 0) is 11.3 Å². The van der Waals surface area contributed by atoms with E-state index in [9.17, 15) is 18.4 Å². The molecular formula is C18H15F2NO5. The Morgan fingerprint density at radius 3 is 2.77 bits per heavy atom. The summed E-state index contributed by atoms with van der Waals surface area (Å²) in [5, 5.41) is 0. The SMILES string of the molecule is O=C(OCCCn1c(=O)oc2ccccc21)c1cccc(OC(F)F)c1. The number of carbonyl (C=O) groups is 1. The quantitative estimate of drug-likeness (QED) is 0.475. The van der Waals surface area contributed by atoms with E-state index in [1.165, 1.54) is 28.8 Å². The Kier molecular flexibility index (Phi) is 5.31. The van der Waals surface area contributed by atoms with Gasteiger partial charge in [0.15, 0.2) is 5.58 Å². The number of oxazole rings is 1. The average molecular weight is 363 g/mol. The number of nitrogens with zero attached hydrogens (tertiary/aromatic N) is 1. The molecule has 3 aromatic rings. The number of fused-ring (bicyclic) bond motifs is 1. The molecule has 0 spiro atoms. The molecule has 8 heteroatoms. The van der Waals surface area contributed by atoms with Crippen molar-refractivity contribution in [1.29, 1.82) is 0 Å². The minimum Gasteiger partial charge on any atom is -0.462 e. The highest BCUT2D eigenvalue weighted by Gasteiger charge is 2.12. The Hall–Kier alpha value is -3.16. The van der Waals surface area contributed by atoms with Gasteiger partial charge in [0.25, 0.3) is 0 Å². The number of benzene rings is 2. The lowest BCUT2D eigenvalue weighted by Gasteiger charge is -2.08. The zero-order valence-corrected chi connectivity index (χ0v) is 13.6. The molecule has 0 aliphatic heterocycles. The van der Waals surface area contributed by atoms with E-state index >= 15 is 0 Å². The van der Waals surface area contributed by atoms with E-state index in [2.05, 4.69) is 4.74 Å². The number of aryl methyl sites for hydroxylation is 1. The van der Waals surface area contributed by atoms with E-state index in [1.807, 2.05) is 0 Å². The summed E-state index contributed by atoms with van der Waals surface area (Å²) in [6.07, 6.45) is 0.391. The van der Waals surface area contributed by atoms with Crippen LogP contribution in [0, 0.1) is 0 Å². The van der Waals surface area contributed by atoms with Gasteiger partial charge in [0.1, 0.15) is 5.75 Å². The summed E-state index contributed by atoms with van der Waals surface area (Å²) in [5.74, 6) is -1.26. The summed E-state index contributed by atoms with van der Waals surface area (Å²) < 4.78 is 40.3. The summed E-state index contributed by atoms with van der Waals surface area (Å²) in [6.45, 7) is -2.59. The minimum absolute atomic E-state index is 0.0602. The largest absolute Gasteiger partial charge is 0.462 e. The molecule has 0 atom stereocenters. The third-order valence-corrected chi connectivity index (χ3v) is 3.63. The molecular weight excluding hydrogens is 348 g/mol. The topological polar surface area (TPSA) is 70.7 Å². The third kappa shape index (κ3) is 4.08. The van der Waals surface area contributed by atoms with Gasteiger partial charge in [-0.15, -0.1) is 0 Å². The monoisotopic (exact) mass is 363 g/mol. The molecule has 1 aromatic heterocycles. The molecule has 0 fully saturated rings. The number of hydrogen-bond donors (Lipinski definition) is 0. The summed E-state index contributed by atoms with van der Waals surface area (Å²) in [5.41, 5.74) is 1.26. The van der Waals surface area contributed by atoms with E-state index in [0.717, 1.165) is 0 Å². The number of esters is 1. The molecule has 0 aliphatic rings. The second-order valence-corrected chi connectivity index (χ2v) is 5.38. The maximum absolute atomic E-state index is 12.2. The van der Waals surface area contributed by atoms with Crippen molar-refractivity contribution in [3.63, 3.8) is 0 Å². The number of aromatic nitrogens is 1. The van der Waals surface area contributed by atoms with Crippen LogP contribution in [0.2, 0.25) is 0 Å². The number of rotatable bonds is 7. The van der Waals surface area contributed by atoms with Crippen molar-refractivity contribution < 1.29 is 27.5 Å². The first-order valence-electron chi connectivity index (χ1n) is 7.85. The van der Waals surface area contributed by atoms with Crippen molar-refractivity contribution >= 4 is 17.1 Å². The summed E-state index contributed by atoms with van der Waals surface area (Å²) in [6, 6.07) is 12.4. The third-order valence-electron chi connectivity index (χ3n) is 3.63. The predicted octanol–water partition coefficient (Wildman–Crippen LogP) is 3.44. The van der Waals surface area contributed by atoms with Crippen LogP contribution >= 0.6 is 0 Å². The van der Waals surface area contributed by atoms with Gasteiger partial charge in [-0.05, 0) is 36.8 Å². The fraction of sp³-hybridized carbons (Fsp3) is 0.222. The van der Waals surface area contributed by atoms with Gasteiger partial charge in [0.2, 0.25) is 0 Å². The molecule has 0 bridgehead atoms. The highest BCUT2D eigenvalue weighted by molar-refractivity contribution is 5.89. The first-order valence-corrected chi connectivity index (χ1v) is 7.85. The van der Waals surface area contributed by atoms with Gasteiger partial charge in [0.05, 0.1) is 17.7 Å². The maximum atomic E-state index is 12.2. The van der Waals surface area contributed by atoms with Crippen LogP contribution in [0.1, 0.15) is 16.8 Å². The standard InChI is InChI=1S/C18H15F2NO5/c19-17(20)25-13-6-3-5-12(11-13)16(22)24-10-4-9-21-14-7-1-2-8-15(14)26-18(21)23/h1-3,5-8,11,17H,4,9-10H2. The van der Waals surface area contributed by atoms with E-state index in [-0.39, 0.29) is 17.9 Å². The zero-order chi connectivity index (χ0) is 18.5. The van der Waals surface area contributed by atoms with Crippen LogP contribution in [0.3, 0.4) is 0 Å². The summed E-state index contributed by atoms with van der Waals surface area (Å²) >= 11 is 0. The van der Waals surface area contributed by atoms with Gasteiger partial charge >= 0.3 is 18.3 Å². The van der Waals surface area contributed by atoms with Gasteiger partial charge in [-0.3, -0.25) is 4.57 Å². The highest BCUT2D eigenvalue weighted by Crippen LogP contribution is 2.17. The molecule has 0 N–H and O–H groups in total.